The van der Waals surface area contributed by atoms with Gasteiger partial charge in [0.2, 0.25) is 9.05 Å². The summed E-state index contributed by atoms with van der Waals surface area (Å²) in [6.07, 6.45) is 0. The number of aromatic nitrogens is 4. The molecule has 4 rings (SSSR count). The Morgan fingerprint density at radius 3 is 1.09 bits per heavy atom. The van der Waals surface area contributed by atoms with Gasteiger partial charge in [0.15, 0.2) is 0 Å². The third kappa shape index (κ3) is 26.6. The van der Waals surface area contributed by atoms with Crippen molar-refractivity contribution in [2.24, 2.45) is 0 Å². The van der Waals surface area contributed by atoms with Crippen molar-refractivity contribution in [1.29, 1.82) is 0 Å². The Bertz CT molecular complexity index is 1500. The standard InChI is InChI=1S/C5H6ClNO2S2.C5H6ClNS.2C5H6NO2S2.2Na.2H2O/c1-4-7-5(2-10-4)3-11(6,8)9;1-4-7-5(2-6)3-8-4;2*1-4-6-5(2-9-4)3-10(7)8;;;;/h2H,3H2,1H3;3H,2H2,1H3;2*2H,3H2,1H3;;;2*1H2/q;;2*-1;2*+1;;/p-2. The van der Waals surface area contributed by atoms with Crippen LogP contribution in [0.5, 0.6) is 0 Å². The molecule has 0 aliphatic heterocycles. The maximum atomic E-state index is 10.5. The molecule has 12 nitrogen and oxygen atoms in total. The Balaban J connectivity index is -0.000000230. The first-order chi connectivity index (χ1) is 18.2. The van der Waals surface area contributed by atoms with Crippen LogP contribution in [-0.2, 0) is 70.4 Å². The van der Waals surface area contributed by atoms with Gasteiger partial charge in [-0.25, -0.2) is 28.4 Å². The first kappa shape index (κ1) is 50.7. The number of hydrogen-bond donors (Lipinski definition) is 0. The first-order valence-corrected chi connectivity index (χ1v) is 19.4. The maximum Gasteiger partial charge on any atom is 1.00 e. The fraction of sp³-hybridized carbons (Fsp3) is 0.400. The van der Waals surface area contributed by atoms with Gasteiger partial charge in [-0.3, -0.25) is 0 Å². The molecule has 0 aromatic carbocycles. The van der Waals surface area contributed by atoms with Crippen molar-refractivity contribution in [2.45, 2.75) is 50.8 Å². The largest absolute Gasteiger partial charge is 1.00 e. The molecule has 0 saturated carbocycles. The van der Waals surface area contributed by atoms with Gasteiger partial charge in [0.05, 0.1) is 37.3 Å². The summed E-state index contributed by atoms with van der Waals surface area (Å²) in [6, 6.07) is 0. The minimum Gasteiger partial charge on any atom is -0.870 e. The van der Waals surface area contributed by atoms with E-state index in [1.807, 2.05) is 33.1 Å². The minimum atomic E-state index is -3.45. The second-order valence-corrected chi connectivity index (χ2v) is 16.2. The molecule has 0 unspecified atom stereocenters. The van der Waals surface area contributed by atoms with E-state index in [0.29, 0.717) is 23.0 Å². The fourth-order valence-corrected chi connectivity index (χ4v) is 6.92. The molecule has 0 fully saturated rings. The molecule has 0 bridgehead atoms. The summed E-state index contributed by atoms with van der Waals surface area (Å²) in [5.74, 6) is 0.415. The van der Waals surface area contributed by atoms with Crippen molar-refractivity contribution < 1.29 is 95.3 Å². The molecule has 0 spiro atoms. The van der Waals surface area contributed by atoms with E-state index in [-0.39, 0.29) is 87.3 Å². The molecule has 23 heteroatoms. The topological polar surface area (TPSA) is 214 Å². The summed E-state index contributed by atoms with van der Waals surface area (Å²) in [4.78, 5) is 16.0. The number of hydrogen-bond acceptors (Lipinski definition) is 18. The molecule has 0 amide bonds. The smallest absolute Gasteiger partial charge is 0.870 e. The van der Waals surface area contributed by atoms with E-state index in [1.54, 1.807) is 27.5 Å². The number of alkyl halides is 1. The molecule has 43 heavy (non-hydrogen) atoms. The van der Waals surface area contributed by atoms with Crippen LogP contribution in [0.1, 0.15) is 42.8 Å². The fourth-order valence-electron chi connectivity index (χ4n) is 2.31. The van der Waals surface area contributed by atoms with Gasteiger partial charge in [-0.15, -0.1) is 56.9 Å². The van der Waals surface area contributed by atoms with Gasteiger partial charge in [-0.2, -0.15) is 0 Å². The Morgan fingerprint density at radius 2 is 0.907 bits per heavy atom. The summed E-state index contributed by atoms with van der Waals surface area (Å²) < 4.78 is 61.7. The van der Waals surface area contributed by atoms with Crippen molar-refractivity contribution in [3.63, 3.8) is 0 Å². The van der Waals surface area contributed by atoms with E-state index in [2.05, 4.69) is 19.9 Å². The minimum absolute atomic E-state index is 0. The van der Waals surface area contributed by atoms with E-state index < -0.39 is 30.5 Å². The zero-order valence-corrected chi connectivity index (χ0v) is 35.1. The van der Waals surface area contributed by atoms with Gasteiger partial charge in [0.1, 0.15) is 5.75 Å². The van der Waals surface area contributed by atoms with Crippen LogP contribution in [0.2, 0.25) is 0 Å². The number of thiazole rings is 4. The van der Waals surface area contributed by atoms with Crippen LogP contribution in [-0.4, -0.2) is 39.3 Å². The van der Waals surface area contributed by atoms with E-state index in [9.17, 15) is 25.3 Å². The van der Waals surface area contributed by atoms with Gasteiger partial charge >= 0.3 is 59.1 Å². The van der Waals surface area contributed by atoms with Gasteiger partial charge in [-0.1, -0.05) is 21.4 Å². The molecule has 4 heterocycles. The second kappa shape index (κ2) is 26.9. The average Bonchev–Trinajstić information content (AvgIpc) is 3.59. The van der Waals surface area contributed by atoms with E-state index in [0.717, 1.165) is 25.7 Å². The van der Waals surface area contributed by atoms with Crippen LogP contribution in [0.15, 0.2) is 21.5 Å². The van der Waals surface area contributed by atoms with Crippen molar-refractivity contribution in [1.82, 2.24) is 19.9 Å². The van der Waals surface area contributed by atoms with Crippen LogP contribution < -0.4 is 59.1 Å². The zero-order chi connectivity index (χ0) is 29.6. The molecular weight excluding hydrogens is 766 g/mol. The summed E-state index contributed by atoms with van der Waals surface area (Å²) in [5.41, 5.74) is 2.77. The molecule has 4 aromatic heterocycles. The third-order valence-electron chi connectivity index (χ3n) is 3.65. The molecule has 234 valence electrons. The Hall–Kier alpha value is 0.870. The zero-order valence-electron chi connectivity index (χ0n) is 23.9. The number of rotatable bonds is 7. The van der Waals surface area contributed by atoms with Crippen LogP contribution in [0.25, 0.3) is 0 Å². The summed E-state index contributed by atoms with van der Waals surface area (Å²) >= 11 is 11.5. The van der Waals surface area contributed by atoms with Gasteiger partial charge in [0.25, 0.3) is 0 Å². The molecule has 0 aliphatic carbocycles. The van der Waals surface area contributed by atoms with Crippen molar-refractivity contribution in [2.75, 3.05) is 0 Å². The second-order valence-electron chi connectivity index (χ2n) is 7.14. The number of aryl methyl sites for hydroxylation is 4. The predicted octanol–water partition coefficient (Wildman–Crippen LogP) is -0.114. The van der Waals surface area contributed by atoms with E-state index in [4.69, 9.17) is 22.3 Å². The average molecular weight is 792 g/mol. The van der Waals surface area contributed by atoms with E-state index in [1.165, 1.54) is 34.0 Å². The molecule has 2 N–H and O–H groups in total. The van der Waals surface area contributed by atoms with E-state index >= 15 is 0 Å². The van der Waals surface area contributed by atoms with Crippen LogP contribution in [0.4, 0.5) is 0 Å². The molecule has 0 saturated heterocycles. The Labute approximate surface area is 324 Å². The van der Waals surface area contributed by atoms with Gasteiger partial charge in [-0.05, 0) is 39.2 Å². The molecular formula is C20H26Cl2N4Na2O8S7-2. The maximum absolute atomic E-state index is 10.5. The van der Waals surface area contributed by atoms with Crippen molar-refractivity contribution in [3.05, 3.63) is 64.3 Å². The Kier molecular flexibility index (Phi) is 31.7. The van der Waals surface area contributed by atoms with Crippen molar-refractivity contribution >= 4 is 98.1 Å². The van der Waals surface area contributed by atoms with Crippen molar-refractivity contribution in [3.8, 4) is 0 Å². The van der Waals surface area contributed by atoms with Gasteiger partial charge in [0, 0.05) is 43.6 Å². The quantitative estimate of drug-likeness (QED) is 0.104. The van der Waals surface area contributed by atoms with Gasteiger partial charge < -0.3 is 27.8 Å². The molecule has 0 aliphatic rings. The Morgan fingerprint density at radius 1 is 0.628 bits per heavy atom. The molecule has 4 aromatic rings. The summed E-state index contributed by atoms with van der Waals surface area (Å²) in [6.45, 7) is 7.49. The predicted molar refractivity (Wildman–Crippen MR) is 164 cm³/mol. The third-order valence-corrected chi connectivity index (χ3v) is 9.25. The summed E-state index contributed by atoms with van der Waals surface area (Å²) in [7, 11) is -2.45. The SMILES string of the molecule is Cc1nc(CCl)cs1.Cc1nc(CS(=O)(=O)Cl)cs1.Cc1nc(C[S-](=O)=O)cs1.Cc1nc(C[S-](=O)=O)cs1.[Na+].[Na+].[OH-].[OH-]. The number of halogens is 2. The monoisotopic (exact) mass is 790 g/mol. The van der Waals surface area contributed by atoms with Crippen LogP contribution in [0, 0.1) is 27.7 Å². The first-order valence-electron chi connectivity index (χ1n) is 10.4. The normalized spacial score (nSPS) is 9.77. The summed E-state index contributed by atoms with van der Waals surface area (Å²) in [5, 5.41) is 10.9. The molecule has 0 atom stereocenters. The van der Waals surface area contributed by atoms with Crippen LogP contribution in [0.3, 0.4) is 0 Å². The van der Waals surface area contributed by atoms with Crippen LogP contribution >= 0.6 is 67.6 Å². The number of nitrogens with zero attached hydrogens (tertiary/aromatic N) is 4. The molecule has 0 radical (unpaired) electrons.